The molecule has 0 bridgehead atoms. The highest BCUT2D eigenvalue weighted by Gasteiger charge is 2.19. The van der Waals surface area contributed by atoms with E-state index in [9.17, 15) is 4.79 Å². The van der Waals surface area contributed by atoms with Gasteiger partial charge in [-0.15, -0.1) is 0 Å². The molecule has 0 aliphatic heterocycles. The van der Waals surface area contributed by atoms with Crippen molar-refractivity contribution in [2.24, 2.45) is 5.41 Å². The van der Waals surface area contributed by atoms with Crippen LogP contribution < -0.4 is 5.32 Å². The topological polar surface area (TPSA) is 38.3 Å². The third kappa shape index (κ3) is 4.90. The van der Waals surface area contributed by atoms with Crippen LogP contribution in [0.1, 0.15) is 34.6 Å². The number of allylic oxidation sites excluding steroid dienone is 1. The van der Waals surface area contributed by atoms with E-state index in [1.807, 2.05) is 34.6 Å². The summed E-state index contributed by atoms with van der Waals surface area (Å²) >= 11 is 0. The second kappa shape index (κ2) is 5.68. The van der Waals surface area contributed by atoms with Gasteiger partial charge in [-0.3, -0.25) is 4.79 Å². The third-order valence-corrected chi connectivity index (χ3v) is 1.65. The van der Waals surface area contributed by atoms with Crippen molar-refractivity contribution in [2.75, 3.05) is 13.2 Å². The largest absolute Gasteiger partial charge is 0.479 e. The smallest absolute Gasteiger partial charge is 0.190 e. The number of rotatable bonds is 5. The van der Waals surface area contributed by atoms with Crippen LogP contribution in [0.3, 0.4) is 0 Å². The summed E-state index contributed by atoms with van der Waals surface area (Å²) in [6.07, 6.45) is 1.53. The first kappa shape index (κ1) is 13.0. The Morgan fingerprint density at radius 1 is 1.36 bits per heavy atom. The van der Waals surface area contributed by atoms with Gasteiger partial charge in [-0.05, 0) is 13.8 Å². The Bertz CT molecular complexity index is 206. The van der Waals surface area contributed by atoms with Crippen LogP contribution >= 0.6 is 0 Å². The van der Waals surface area contributed by atoms with E-state index in [2.05, 4.69) is 5.32 Å². The van der Waals surface area contributed by atoms with Gasteiger partial charge in [-0.2, -0.15) is 0 Å². The molecule has 0 aliphatic rings. The van der Waals surface area contributed by atoms with Crippen LogP contribution in [0.2, 0.25) is 0 Å². The SMILES string of the molecule is CCN/C(=C/C(=O)C(C)(C)C)OCC. The fourth-order valence-electron chi connectivity index (χ4n) is 0.809. The molecule has 0 aromatic heterocycles. The summed E-state index contributed by atoms with van der Waals surface area (Å²) in [7, 11) is 0. The predicted octanol–water partition coefficient (Wildman–Crippen LogP) is 2.09. The number of ether oxygens (including phenoxy) is 1. The minimum absolute atomic E-state index is 0.0712. The molecule has 0 saturated heterocycles. The van der Waals surface area contributed by atoms with Crippen LogP contribution in [0.5, 0.6) is 0 Å². The lowest BCUT2D eigenvalue weighted by molar-refractivity contribution is -0.121. The van der Waals surface area contributed by atoms with E-state index in [1.54, 1.807) is 0 Å². The molecular weight excluding hydrogens is 178 g/mol. The summed E-state index contributed by atoms with van der Waals surface area (Å²) in [4.78, 5) is 11.6. The molecule has 0 saturated carbocycles. The number of carbonyl (C=O) groups is 1. The normalized spacial score (nSPS) is 12.5. The van der Waals surface area contributed by atoms with Crippen molar-refractivity contribution >= 4 is 5.78 Å². The third-order valence-electron chi connectivity index (χ3n) is 1.65. The summed E-state index contributed by atoms with van der Waals surface area (Å²) in [5, 5.41) is 3.00. The highest BCUT2D eigenvalue weighted by molar-refractivity contribution is 5.94. The van der Waals surface area contributed by atoms with E-state index >= 15 is 0 Å². The summed E-state index contributed by atoms with van der Waals surface area (Å²) < 4.78 is 5.28. The van der Waals surface area contributed by atoms with Gasteiger partial charge in [0, 0.05) is 18.0 Å². The van der Waals surface area contributed by atoms with E-state index in [-0.39, 0.29) is 11.2 Å². The number of carbonyl (C=O) groups excluding carboxylic acids is 1. The molecule has 1 N–H and O–H groups in total. The van der Waals surface area contributed by atoms with Gasteiger partial charge in [0.1, 0.15) is 0 Å². The van der Waals surface area contributed by atoms with E-state index in [4.69, 9.17) is 4.74 Å². The van der Waals surface area contributed by atoms with E-state index in [0.717, 1.165) is 6.54 Å². The molecule has 0 amide bonds. The average molecular weight is 199 g/mol. The van der Waals surface area contributed by atoms with Gasteiger partial charge >= 0.3 is 0 Å². The molecule has 14 heavy (non-hydrogen) atoms. The molecule has 0 aromatic carbocycles. The van der Waals surface area contributed by atoms with Gasteiger partial charge in [0.25, 0.3) is 0 Å². The first-order valence-electron chi connectivity index (χ1n) is 5.04. The van der Waals surface area contributed by atoms with E-state index in [0.29, 0.717) is 12.5 Å². The number of hydrogen-bond donors (Lipinski definition) is 1. The molecule has 0 rings (SSSR count). The molecule has 0 fully saturated rings. The molecule has 3 nitrogen and oxygen atoms in total. The lowest BCUT2D eigenvalue weighted by atomic mass is 9.91. The van der Waals surface area contributed by atoms with Gasteiger partial charge in [-0.25, -0.2) is 0 Å². The minimum Gasteiger partial charge on any atom is -0.479 e. The first-order chi connectivity index (χ1) is 6.41. The van der Waals surface area contributed by atoms with Crippen molar-refractivity contribution in [3.63, 3.8) is 0 Å². The Labute approximate surface area is 86.5 Å². The quantitative estimate of drug-likeness (QED) is 0.544. The summed E-state index contributed by atoms with van der Waals surface area (Å²) in [6.45, 7) is 10.9. The molecular formula is C11H21NO2. The molecule has 0 aliphatic carbocycles. The maximum atomic E-state index is 11.6. The van der Waals surface area contributed by atoms with Crippen molar-refractivity contribution in [1.82, 2.24) is 5.32 Å². The Morgan fingerprint density at radius 2 is 1.93 bits per heavy atom. The van der Waals surface area contributed by atoms with Crippen molar-refractivity contribution in [2.45, 2.75) is 34.6 Å². The molecule has 0 unspecified atom stereocenters. The van der Waals surface area contributed by atoms with E-state index in [1.165, 1.54) is 6.08 Å². The maximum Gasteiger partial charge on any atom is 0.190 e. The maximum absolute atomic E-state index is 11.6. The minimum atomic E-state index is -0.349. The summed E-state index contributed by atoms with van der Waals surface area (Å²) in [5.41, 5.74) is -0.349. The average Bonchev–Trinajstić information content (AvgIpc) is 2.03. The molecule has 3 heteroatoms. The Morgan fingerprint density at radius 3 is 2.29 bits per heavy atom. The second-order valence-corrected chi connectivity index (χ2v) is 4.09. The zero-order valence-electron chi connectivity index (χ0n) is 9.81. The van der Waals surface area contributed by atoms with Gasteiger partial charge in [-0.1, -0.05) is 20.8 Å². The van der Waals surface area contributed by atoms with Crippen LogP contribution in [0.25, 0.3) is 0 Å². The molecule has 0 atom stereocenters. The van der Waals surface area contributed by atoms with E-state index < -0.39 is 0 Å². The Balaban J connectivity index is 4.48. The summed E-state index contributed by atoms with van der Waals surface area (Å²) in [5.74, 6) is 0.636. The van der Waals surface area contributed by atoms with Gasteiger partial charge < -0.3 is 10.1 Å². The number of hydrogen-bond acceptors (Lipinski definition) is 3. The summed E-state index contributed by atoms with van der Waals surface area (Å²) in [6, 6.07) is 0. The van der Waals surface area contributed by atoms with Crippen LogP contribution in [0, 0.1) is 5.41 Å². The zero-order valence-corrected chi connectivity index (χ0v) is 9.81. The van der Waals surface area contributed by atoms with Crippen LogP contribution in [0.15, 0.2) is 12.0 Å². The Hall–Kier alpha value is -0.990. The first-order valence-corrected chi connectivity index (χ1v) is 5.04. The molecule has 82 valence electrons. The predicted molar refractivity (Wildman–Crippen MR) is 57.8 cm³/mol. The Kier molecular flexibility index (Phi) is 5.28. The number of ketones is 1. The molecule has 0 spiro atoms. The van der Waals surface area contributed by atoms with Crippen molar-refractivity contribution < 1.29 is 9.53 Å². The van der Waals surface area contributed by atoms with Crippen LogP contribution in [0.4, 0.5) is 0 Å². The second-order valence-electron chi connectivity index (χ2n) is 4.09. The van der Waals surface area contributed by atoms with Crippen LogP contribution in [-0.4, -0.2) is 18.9 Å². The standard InChI is InChI=1S/C11H21NO2/c1-6-12-10(14-7-2)8-9(13)11(3,4)5/h8,12H,6-7H2,1-5H3/b10-8-. The lowest BCUT2D eigenvalue weighted by Gasteiger charge is -2.15. The van der Waals surface area contributed by atoms with Gasteiger partial charge in [0.2, 0.25) is 0 Å². The molecule has 0 radical (unpaired) electrons. The monoisotopic (exact) mass is 199 g/mol. The fraction of sp³-hybridized carbons (Fsp3) is 0.727. The highest BCUT2D eigenvalue weighted by Crippen LogP contribution is 2.15. The number of nitrogens with one attached hydrogen (secondary N) is 1. The molecule has 0 aromatic rings. The van der Waals surface area contributed by atoms with Gasteiger partial charge in [0.05, 0.1) is 6.61 Å². The zero-order chi connectivity index (χ0) is 11.2. The fourth-order valence-corrected chi connectivity index (χ4v) is 0.809. The van der Waals surface area contributed by atoms with Crippen molar-refractivity contribution in [1.29, 1.82) is 0 Å². The van der Waals surface area contributed by atoms with Crippen molar-refractivity contribution in [3.8, 4) is 0 Å². The highest BCUT2D eigenvalue weighted by atomic mass is 16.5. The molecule has 0 heterocycles. The van der Waals surface area contributed by atoms with Gasteiger partial charge in [0.15, 0.2) is 11.7 Å². The van der Waals surface area contributed by atoms with Crippen LogP contribution in [-0.2, 0) is 9.53 Å². The lowest BCUT2D eigenvalue weighted by Crippen LogP contribution is -2.22. The van der Waals surface area contributed by atoms with Crippen molar-refractivity contribution in [3.05, 3.63) is 12.0 Å².